The van der Waals surface area contributed by atoms with Crippen LogP contribution in [0.15, 0.2) is 65.8 Å². The van der Waals surface area contributed by atoms with Crippen LogP contribution >= 0.6 is 0 Å². The van der Waals surface area contributed by atoms with Crippen LogP contribution in [-0.4, -0.2) is 29.2 Å². The third-order valence-corrected chi connectivity index (χ3v) is 9.01. The van der Waals surface area contributed by atoms with Crippen molar-refractivity contribution in [2.75, 3.05) is 6.54 Å². The number of hydrazone groups is 1. The number of hydrogen-bond acceptors (Lipinski definition) is 3. The second-order valence-electron chi connectivity index (χ2n) is 10.7. The van der Waals surface area contributed by atoms with Crippen LogP contribution in [0.2, 0.25) is 0 Å². The van der Waals surface area contributed by atoms with Gasteiger partial charge < -0.3 is 5.32 Å². The summed E-state index contributed by atoms with van der Waals surface area (Å²) in [4.78, 5) is 13.4. The fraction of sp³-hybridized carbons (Fsp3) is 0.500. The number of nitrogens with zero attached hydrogens (tertiary/aromatic N) is 2. The van der Waals surface area contributed by atoms with Gasteiger partial charge in [0.25, 0.3) is 5.91 Å². The van der Waals surface area contributed by atoms with E-state index in [9.17, 15) is 4.79 Å². The van der Waals surface area contributed by atoms with E-state index in [1.807, 2.05) is 12.1 Å². The second-order valence-corrected chi connectivity index (χ2v) is 10.7. The normalized spacial score (nSPS) is 30.4. The van der Waals surface area contributed by atoms with Crippen molar-refractivity contribution in [1.29, 1.82) is 0 Å². The molecule has 2 fully saturated rings. The molecule has 3 aliphatic rings. The van der Waals surface area contributed by atoms with Crippen LogP contribution in [-0.2, 0) is 11.2 Å². The number of rotatable bonds is 6. The molecule has 2 bridgehead atoms. The molecule has 32 heavy (non-hydrogen) atoms. The van der Waals surface area contributed by atoms with Gasteiger partial charge in [0, 0.05) is 19.0 Å². The highest BCUT2D eigenvalue weighted by molar-refractivity contribution is 6.39. The molecule has 4 nitrogen and oxygen atoms in total. The summed E-state index contributed by atoms with van der Waals surface area (Å²) in [5.41, 5.74) is 3.66. The number of fused-ring (bicyclic) bond motifs is 2. The van der Waals surface area contributed by atoms with Crippen molar-refractivity contribution in [2.45, 2.75) is 65.0 Å². The van der Waals surface area contributed by atoms with Crippen molar-refractivity contribution < 1.29 is 4.79 Å². The Balaban J connectivity index is 1.32. The Morgan fingerprint density at radius 3 is 2.38 bits per heavy atom. The van der Waals surface area contributed by atoms with Gasteiger partial charge in [0.1, 0.15) is 5.71 Å². The summed E-state index contributed by atoms with van der Waals surface area (Å²) in [5.74, 6) is 0.741. The minimum atomic E-state index is 0.0303. The smallest absolute Gasteiger partial charge is 0.267 e. The van der Waals surface area contributed by atoms with E-state index in [4.69, 9.17) is 5.10 Å². The summed E-state index contributed by atoms with van der Waals surface area (Å²) in [5, 5.41) is 10.4. The van der Waals surface area contributed by atoms with E-state index >= 15 is 0 Å². The van der Waals surface area contributed by atoms with E-state index in [0.29, 0.717) is 18.1 Å². The van der Waals surface area contributed by atoms with E-state index in [1.54, 1.807) is 0 Å². The van der Waals surface area contributed by atoms with Crippen molar-refractivity contribution in [3.8, 4) is 0 Å². The minimum Gasteiger partial charge on any atom is -0.348 e. The number of carbonyl (C=O) groups is 1. The van der Waals surface area contributed by atoms with E-state index in [1.165, 1.54) is 24.0 Å². The van der Waals surface area contributed by atoms with Gasteiger partial charge in [-0.1, -0.05) is 81.4 Å². The van der Waals surface area contributed by atoms with Gasteiger partial charge in [-0.2, -0.15) is 5.10 Å². The second kappa shape index (κ2) is 8.06. The van der Waals surface area contributed by atoms with E-state index in [2.05, 4.69) is 79.6 Å². The molecule has 1 aliphatic heterocycles. The SMILES string of the molecule is CC1(C)[C@@H]2CC[C@@]1(C)[C@@H](NC(=O)C1=NN(CCc3ccccc3)C(c3ccccc3)C1)C2. The van der Waals surface area contributed by atoms with Gasteiger partial charge in [0.15, 0.2) is 0 Å². The maximum absolute atomic E-state index is 13.4. The number of benzene rings is 2. The summed E-state index contributed by atoms with van der Waals surface area (Å²) in [6.07, 6.45) is 5.18. The first-order valence-corrected chi connectivity index (χ1v) is 12.1. The van der Waals surface area contributed by atoms with Crippen molar-refractivity contribution in [2.24, 2.45) is 21.8 Å². The predicted molar refractivity (Wildman–Crippen MR) is 129 cm³/mol. The maximum atomic E-state index is 13.4. The molecule has 1 unspecified atom stereocenters. The lowest BCUT2D eigenvalue weighted by Gasteiger charge is -2.39. The van der Waals surface area contributed by atoms with E-state index in [0.717, 1.165) is 19.4 Å². The molecule has 4 heteroatoms. The summed E-state index contributed by atoms with van der Waals surface area (Å²) >= 11 is 0. The first-order valence-electron chi connectivity index (χ1n) is 12.1. The monoisotopic (exact) mass is 429 g/mol. The van der Waals surface area contributed by atoms with Gasteiger partial charge in [-0.3, -0.25) is 9.80 Å². The molecule has 0 radical (unpaired) electrons. The zero-order valence-electron chi connectivity index (χ0n) is 19.6. The molecule has 1 amide bonds. The molecule has 0 spiro atoms. The van der Waals surface area contributed by atoms with Gasteiger partial charge >= 0.3 is 0 Å². The molecule has 0 saturated heterocycles. The van der Waals surface area contributed by atoms with E-state index < -0.39 is 0 Å². The minimum absolute atomic E-state index is 0.0303. The molecular weight excluding hydrogens is 394 g/mol. The lowest BCUT2D eigenvalue weighted by atomic mass is 9.69. The highest BCUT2D eigenvalue weighted by atomic mass is 16.2. The molecule has 1 N–H and O–H groups in total. The molecule has 2 aromatic carbocycles. The Kier molecular flexibility index (Phi) is 5.35. The van der Waals surface area contributed by atoms with Crippen LogP contribution in [0.5, 0.6) is 0 Å². The van der Waals surface area contributed by atoms with Crippen molar-refractivity contribution in [3.63, 3.8) is 0 Å². The third kappa shape index (κ3) is 3.54. The van der Waals surface area contributed by atoms with Crippen LogP contribution in [0.3, 0.4) is 0 Å². The Morgan fingerprint density at radius 2 is 1.75 bits per heavy atom. The number of nitrogens with one attached hydrogen (secondary N) is 1. The standard InChI is InChI=1S/C28H35N3O/c1-27(2)22-14-16-28(27,3)25(18-22)29-26(32)23-19-24(21-12-8-5-9-13-21)31(30-23)17-15-20-10-6-4-7-11-20/h4-13,22,24-25H,14-19H2,1-3H3,(H,29,32)/t22-,24?,25+,28+/m1/s1. The average molecular weight is 430 g/mol. The summed E-state index contributed by atoms with van der Waals surface area (Å²) in [6.45, 7) is 7.96. The lowest BCUT2D eigenvalue weighted by molar-refractivity contribution is -0.116. The Hall–Kier alpha value is -2.62. The summed E-state index contributed by atoms with van der Waals surface area (Å²) in [7, 11) is 0. The van der Waals surface area contributed by atoms with Crippen LogP contribution in [0.25, 0.3) is 0 Å². The summed E-state index contributed by atoms with van der Waals surface area (Å²) < 4.78 is 0. The van der Waals surface area contributed by atoms with Gasteiger partial charge in [-0.25, -0.2) is 0 Å². The topological polar surface area (TPSA) is 44.7 Å². The molecular formula is C28H35N3O. The molecule has 168 valence electrons. The Bertz CT molecular complexity index is 1000. The highest BCUT2D eigenvalue weighted by Crippen LogP contribution is 2.65. The average Bonchev–Trinajstić information content (AvgIpc) is 3.39. The van der Waals surface area contributed by atoms with Crippen LogP contribution in [0.4, 0.5) is 0 Å². The van der Waals surface area contributed by atoms with Gasteiger partial charge in [0.05, 0.1) is 6.04 Å². The van der Waals surface area contributed by atoms with Crippen LogP contribution in [0, 0.1) is 16.7 Å². The molecule has 2 aliphatic carbocycles. The molecule has 2 aromatic rings. The fourth-order valence-electron chi connectivity index (χ4n) is 6.42. The first kappa shape index (κ1) is 21.2. The van der Waals surface area contributed by atoms with Crippen molar-refractivity contribution >= 4 is 11.6 Å². The third-order valence-electron chi connectivity index (χ3n) is 9.01. The van der Waals surface area contributed by atoms with Gasteiger partial charge in [-0.15, -0.1) is 0 Å². The number of amides is 1. The Morgan fingerprint density at radius 1 is 1.06 bits per heavy atom. The molecule has 1 heterocycles. The van der Waals surface area contributed by atoms with Gasteiger partial charge in [0.2, 0.25) is 0 Å². The van der Waals surface area contributed by atoms with Crippen molar-refractivity contribution in [1.82, 2.24) is 10.3 Å². The summed E-state index contributed by atoms with van der Waals surface area (Å²) in [6, 6.07) is 21.4. The Labute approximate surface area is 192 Å². The number of carbonyl (C=O) groups excluding carboxylic acids is 1. The zero-order chi connectivity index (χ0) is 22.3. The van der Waals surface area contributed by atoms with Gasteiger partial charge in [-0.05, 0) is 53.6 Å². The predicted octanol–water partition coefficient (Wildman–Crippen LogP) is 5.36. The number of hydrogen-bond donors (Lipinski definition) is 1. The fourth-order valence-corrected chi connectivity index (χ4v) is 6.42. The van der Waals surface area contributed by atoms with E-state index in [-0.39, 0.29) is 28.8 Å². The van der Waals surface area contributed by atoms with Crippen molar-refractivity contribution in [3.05, 3.63) is 71.8 Å². The zero-order valence-corrected chi connectivity index (χ0v) is 19.6. The molecule has 5 rings (SSSR count). The van der Waals surface area contributed by atoms with Crippen LogP contribution < -0.4 is 5.32 Å². The largest absolute Gasteiger partial charge is 0.348 e. The quantitative estimate of drug-likeness (QED) is 0.671. The van der Waals surface area contributed by atoms with Crippen LogP contribution in [0.1, 0.15) is 63.6 Å². The highest BCUT2D eigenvalue weighted by Gasteiger charge is 2.61. The molecule has 0 aromatic heterocycles. The molecule has 4 atom stereocenters. The lowest BCUT2D eigenvalue weighted by Crippen LogP contribution is -2.48. The maximum Gasteiger partial charge on any atom is 0.267 e. The first-order chi connectivity index (χ1) is 15.4. The molecule has 2 saturated carbocycles.